The third kappa shape index (κ3) is 2.39. The highest BCUT2D eigenvalue weighted by atomic mass is 32.1. The topological polar surface area (TPSA) is 24.9 Å². The Bertz CT molecular complexity index is 494. The van der Waals surface area contributed by atoms with Crippen molar-refractivity contribution in [2.75, 3.05) is 5.32 Å². The molecule has 4 heteroatoms. The van der Waals surface area contributed by atoms with Gasteiger partial charge in [0.05, 0.1) is 17.7 Å². The highest BCUT2D eigenvalue weighted by Crippen LogP contribution is 2.17. The van der Waals surface area contributed by atoms with E-state index in [-0.39, 0.29) is 5.82 Å². The largest absolute Gasteiger partial charge is 0.380 e. The van der Waals surface area contributed by atoms with Crippen molar-refractivity contribution in [1.82, 2.24) is 4.98 Å². The summed E-state index contributed by atoms with van der Waals surface area (Å²) in [5.41, 5.74) is 4.32. The predicted molar refractivity (Wildman–Crippen MR) is 65.3 cm³/mol. The van der Waals surface area contributed by atoms with E-state index in [1.807, 2.05) is 18.5 Å². The summed E-state index contributed by atoms with van der Waals surface area (Å²) in [6.45, 7) is 4.43. The van der Waals surface area contributed by atoms with Crippen molar-refractivity contribution >= 4 is 17.0 Å². The molecule has 0 aliphatic heterocycles. The first-order chi connectivity index (χ1) is 7.66. The van der Waals surface area contributed by atoms with Gasteiger partial charge in [-0.25, -0.2) is 9.37 Å². The number of aryl methyl sites for hydroxylation is 2. The highest BCUT2D eigenvalue weighted by molar-refractivity contribution is 7.09. The summed E-state index contributed by atoms with van der Waals surface area (Å²) in [5, 5.41) is 3.19. The quantitative estimate of drug-likeness (QED) is 0.882. The SMILES string of the molecule is Cc1ccc(NCc2scnc2C)cc1F. The second-order valence-electron chi connectivity index (χ2n) is 3.68. The normalized spacial score (nSPS) is 10.4. The maximum absolute atomic E-state index is 13.3. The van der Waals surface area contributed by atoms with Crippen molar-refractivity contribution in [1.29, 1.82) is 0 Å². The average Bonchev–Trinajstić information content (AvgIpc) is 2.66. The maximum atomic E-state index is 13.3. The van der Waals surface area contributed by atoms with Gasteiger partial charge in [-0.2, -0.15) is 0 Å². The van der Waals surface area contributed by atoms with Gasteiger partial charge in [-0.3, -0.25) is 0 Å². The fraction of sp³-hybridized carbons (Fsp3) is 0.250. The summed E-state index contributed by atoms with van der Waals surface area (Å²) in [6.07, 6.45) is 0. The first kappa shape index (κ1) is 11.1. The van der Waals surface area contributed by atoms with Crippen LogP contribution in [0, 0.1) is 19.7 Å². The summed E-state index contributed by atoms with van der Waals surface area (Å²) < 4.78 is 13.3. The van der Waals surface area contributed by atoms with E-state index in [0.29, 0.717) is 12.1 Å². The van der Waals surface area contributed by atoms with Gasteiger partial charge < -0.3 is 5.32 Å². The summed E-state index contributed by atoms with van der Waals surface area (Å²) in [7, 11) is 0. The van der Waals surface area contributed by atoms with Crippen LogP contribution >= 0.6 is 11.3 Å². The molecule has 0 aliphatic carbocycles. The second kappa shape index (κ2) is 4.61. The van der Waals surface area contributed by atoms with Gasteiger partial charge in [0.15, 0.2) is 0 Å². The molecule has 84 valence electrons. The molecular formula is C12H13FN2S. The fourth-order valence-corrected chi connectivity index (χ4v) is 2.10. The molecule has 2 aromatic rings. The van der Waals surface area contributed by atoms with Crippen molar-refractivity contribution in [3.8, 4) is 0 Å². The zero-order chi connectivity index (χ0) is 11.5. The molecular weight excluding hydrogens is 223 g/mol. The van der Waals surface area contributed by atoms with Crippen LogP contribution in [0.25, 0.3) is 0 Å². The summed E-state index contributed by atoms with van der Waals surface area (Å²) in [6, 6.07) is 5.18. The summed E-state index contributed by atoms with van der Waals surface area (Å²) in [5.74, 6) is -0.175. The smallest absolute Gasteiger partial charge is 0.128 e. The molecule has 0 radical (unpaired) electrons. The van der Waals surface area contributed by atoms with Gasteiger partial charge >= 0.3 is 0 Å². The molecule has 2 rings (SSSR count). The number of rotatable bonds is 3. The molecule has 0 saturated carbocycles. The Morgan fingerprint density at radius 1 is 1.38 bits per heavy atom. The van der Waals surface area contributed by atoms with E-state index >= 15 is 0 Å². The zero-order valence-electron chi connectivity index (χ0n) is 9.25. The molecule has 2 nitrogen and oxygen atoms in total. The van der Waals surface area contributed by atoms with E-state index < -0.39 is 0 Å². The lowest BCUT2D eigenvalue weighted by Crippen LogP contribution is -1.99. The van der Waals surface area contributed by atoms with Crippen LogP contribution in [0.1, 0.15) is 16.1 Å². The number of nitrogens with one attached hydrogen (secondary N) is 1. The van der Waals surface area contributed by atoms with Crippen LogP contribution in [0.3, 0.4) is 0 Å². The lowest BCUT2D eigenvalue weighted by molar-refractivity contribution is 0.619. The maximum Gasteiger partial charge on any atom is 0.128 e. The van der Waals surface area contributed by atoms with E-state index in [2.05, 4.69) is 10.3 Å². The van der Waals surface area contributed by atoms with Crippen LogP contribution in [0.4, 0.5) is 10.1 Å². The minimum Gasteiger partial charge on any atom is -0.380 e. The van der Waals surface area contributed by atoms with E-state index in [1.165, 1.54) is 10.9 Å². The Balaban J connectivity index is 2.05. The van der Waals surface area contributed by atoms with E-state index in [9.17, 15) is 4.39 Å². The number of halogens is 1. The number of thiazole rings is 1. The van der Waals surface area contributed by atoms with Gasteiger partial charge in [-0.05, 0) is 31.5 Å². The van der Waals surface area contributed by atoms with Crippen LogP contribution in [0.2, 0.25) is 0 Å². The Morgan fingerprint density at radius 3 is 2.81 bits per heavy atom. The van der Waals surface area contributed by atoms with Gasteiger partial charge in [-0.15, -0.1) is 11.3 Å². The van der Waals surface area contributed by atoms with Crippen LogP contribution < -0.4 is 5.32 Å². The van der Waals surface area contributed by atoms with Gasteiger partial charge in [-0.1, -0.05) is 6.07 Å². The van der Waals surface area contributed by atoms with E-state index in [0.717, 1.165) is 11.4 Å². The van der Waals surface area contributed by atoms with Crippen LogP contribution in [-0.2, 0) is 6.54 Å². The molecule has 0 aliphatic rings. The predicted octanol–water partition coefficient (Wildman–Crippen LogP) is 3.51. The number of hydrogen-bond donors (Lipinski definition) is 1. The Labute approximate surface area is 98.2 Å². The van der Waals surface area contributed by atoms with E-state index in [4.69, 9.17) is 0 Å². The second-order valence-corrected chi connectivity index (χ2v) is 4.62. The molecule has 1 N–H and O–H groups in total. The molecule has 16 heavy (non-hydrogen) atoms. The molecule has 0 fully saturated rings. The van der Waals surface area contributed by atoms with Crippen LogP contribution in [-0.4, -0.2) is 4.98 Å². The highest BCUT2D eigenvalue weighted by Gasteiger charge is 2.02. The van der Waals surface area contributed by atoms with Crippen molar-refractivity contribution in [3.63, 3.8) is 0 Å². The summed E-state index contributed by atoms with van der Waals surface area (Å²) >= 11 is 1.61. The van der Waals surface area contributed by atoms with Crippen molar-refractivity contribution < 1.29 is 4.39 Å². The third-order valence-corrected chi connectivity index (χ3v) is 3.40. The lowest BCUT2D eigenvalue weighted by atomic mass is 10.2. The monoisotopic (exact) mass is 236 g/mol. The third-order valence-electron chi connectivity index (χ3n) is 2.47. The van der Waals surface area contributed by atoms with Crippen molar-refractivity contribution in [2.24, 2.45) is 0 Å². The number of hydrogen-bond acceptors (Lipinski definition) is 3. The minimum atomic E-state index is -0.175. The lowest BCUT2D eigenvalue weighted by Gasteiger charge is -2.06. The van der Waals surface area contributed by atoms with Crippen molar-refractivity contribution in [2.45, 2.75) is 20.4 Å². The average molecular weight is 236 g/mol. The van der Waals surface area contributed by atoms with Gasteiger partial charge in [0.25, 0.3) is 0 Å². The molecule has 0 unspecified atom stereocenters. The fourth-order valence-electron chi connectivity index (χ4n) is 1.38. The van der Waals surface area contributed by atoms with Gasteiger partial charge in [0, 0.05) is 10.6 Å². The molecule has 0 saturated heterocycles. The summed E-state index contributed by atoms with van der Waals surface area (Å²) in [4.78, 5) is 5.35. The molecule has 1 heterocycles. The van der Waals surface area contributed by atoms with Crippen LogP contribution in [0.15, 0.2) is 23.7 Å². The molecule has 0 spiro atoms. The molecule has 0 amide bonds. The first-order valence-corrected chi connectivity index (χ1v) is 5.94. The standard InChI is InChI=1S/C12H13FN2S/c1-8-3-4-10(5-11(8)13)14-6-12-9(2)15-7-16-12/h3-5,7,14H,6H2,1-2H3. The number of nitrogens with zero attached hydrogens (tertiary/aromatic N) is 1. The minimum absolute atomic E-state index is 0.175. The Morgan fingerprint density at radius 2 is 2.19 bits per heavy atom. The Kier molecular flexibility index (Phi) is 3.19. The van der Waals surface area contributed by atoms with Gasteiger partial charge in [0.1, 0.15) is 5.82 Å². The van der Waals surface area contributed by atoms with Crippen LogP contribution in [0.5, 0.6) is 0 Å². The number of anilines is 1. The molecule has 1 aromatic heterocycles. The number of aromatic nitrogens is 1. The first-order valence-electron chi connectivity index (χ1n) is 5.06. The zero-order valence-corrected chi connectivity index (χ0v) is 10.1. The van der Waals surface area contributed by atoms with E-state index in [1.54, 1.807) is 24.3 Å². The van der Waals surface area contributed by atoms with Crippen molar-refractivity contribution in [3.05, 3.63) is 45.7 Å². The Hall–Kier alpha value is -1.42. The molecule has 0 bridgehead atoms. The van der Waals surface area contributed by atoms with Gasteiger partial charge in [0.2, 0.25) is 0 Å². The molecule has 1 aromatic carbocycles. The molecule has 0 atom stereocenters. The number of benzene rings is 1.